The smallest absolute Gasteiger partial charge is 0.0594 e. The predicted octanol–water partition coefficient (Wildman–Crippen LogP) is 2.30. The van der Waals surface area contributed by atoms with Crippen molar-refractivity contribution in [1.82, 2.24) is 15.1 Å². The fourth-order valence-electron chi connectivity index (χ4n) is 4.04. The normalized spacial score (nSPS) is 24.8. The number of nitrogens with zero attached hydrogens (tertiary/aromatic N) is 2. The van der Waals surface area contributed by atoms with Gasteiger partial charge in [-0.1, -0.05) is 24.3 Å². The lowest BCUT2D eigenvalue weighted by Crippen LogP contribution is -2.44. The molecule has 0 radical (unpaired) electrons. The zero-order chi connectivity index (χ0) is 16.8. The van der Waals surface area contributed by atoms with Crippen molar-refractivity contribution < 1.29 is 4.74 Å². The fourth-order valence-corrected chi connectivity index (χ4v) is 4.04. The molecule has 0 spiro atoms. The number of hydrogen-bond donors (Lipinski definition) is 1. The van der Waals surface area contributed by atoms with E-state index in [1.54, 1.807) is 0 Å². The summed E-state index contributed by atoms with van der Waals surface area (Å²) < 4.78 is 5.51. The van der Waals surface area contributed by atoms with Gasteiger partial charge in [-0.3, -0.25) is 4.90 Å². The van der Waals surface area contributed by atoms with Gasteiger partial charge in [-0.15, -0.1) is 0 Å². The quantitative estimate of drug-likeness (QED) is 0.866. The molecule has 0 bridgehead atoms. The molecule has 0 aromatic heterocycles. The van der Waals surface area contributed by atoms with E-state index in [2.05, 4.69) is 53.4 Å². The van der Waals surface area contributed by atoms with Crippen LogP contribution in [-0.2, 0) is 4.74 Å². The lowest BCUT2D eigenvalue weighted by molar-refractivity contribution is 0.0330. The van der Waals surface area contributed by atoms with Crippen LogP contribution in [0.3, 0.4) is 0 Å². The molecule has 2 saturated heterocycles. The Morgan fingerprint density at radius 2 is 2.00 bits per heavy atom. The van der Waals surface area contributed by atoms with Gasteiger partial charge in [-0.25, -0.2) is 0 Å². The topological polar surface area (TPSA) is 27.7 Å². The third-order valence-corrected chi connectivity index (χ3v) is 5.48. The summed E-state index contributed by atoms with van der Waals surface area (Å²) in [6.45, 7) is 10.8. The van der Waals surface area contributed by atoms with Gasteiger partial charge >= 0.3 is 0 Å². The Morgan fingerprint density at radius 1 is 1.21 bits per heavy atom. The van der Waals surface area contributed by atoms with E-state index in [1.807, 2.05) is 0 Å². The van der Waals surface area contributed by atoms with Gasteiger partial charge in [0.1, 0.15) is 0 Å². The number of benzene rings is 1. The van der Waals surface area contributed by atoms with E-state index in [0.717, 1.165) is 45.3 Å². The van der Waals surface area contributed by atoms with Crippen LogP contribution in [0.25, 0.3) is 0 Å². The first-order chi connectivity index (χ1) is 11.7. The maximum Gasteiger partial charge on any atom is 0.0594 e. The SMILES string of the molecule is Cc1ccccc1C(CN1CCOCC1)NCC1CCCN(C)C1. The second-order valence-corrected chi connectivity index (χ2v) is 7.50. The van der Waals surface area contributed by atoms with Crippen LogP contribution in [0.4, 0.5) is 0 Å². The Labute approximate surface area is 147 Å². The molecular formula is C20H33N3O. The summed E-state index contributed by atoms with van der Waals surface area (Å²) >= 11 is 0. The number of aryl methyl sites for hydroxylation is 1. The summed E-state index contributed by atoms with van der Waals surface area (Å²) in [5, 5.41) is 3.91. The summed E-state index contributed by atoms with van der Waals surface area (Å²) in [5.74, 6) is 0.778. The minimum atomic E-state index is 0.413. The molecule has 1 aromatic rings. The van der Waals surface area contributed by atoms with Crippen LogP contribution in [0.15, 0.2) is 24.3 Å². The lowest BCUT2D eigenvalue weighted by atomic mass is 9.96. The highest BCUT2D eigenvalue weighted by atomic mass is 16.5. The molecule has 2 fully saturated rings. The fraction of sp³-hybridized carbons (Fsp3) is 0.700. The maximum atomic E-state index is 5.51. The minimum Gasteiger partial charge on any atom is -0.379 e. The van der Waals surface area contributed by atoms with Crippen LogP contribution < -0.4 is 5.32 Å². The van der Waals surface area contributed by atoms with Gasteiger partial charge in [0.05, 0.1) is 13.2 Å². The molecule has 0 aliphatic carbocycles. The average Bonchev–Trinajstić information content (AvgIpc) is 2.60. The average molecular weight is 332 g/mol. The summed E-state index contributed by atoms with van der Waals surface area (Å²) in [4.78, 5) is 5.02. The summed E-state index contributed by atoms with van der Waals surface area (Å²) in [7, 11) is 2.25. The van der Waals surface area contributed by atoms with Crippen LogP contribution in [-0.4, -0.2) is 69.3 Å². The number of hydrogen-bond acceptors (Lipinski definition) is 4. The van der Waals surface area contributed by atoms with Crippen molar-refractivity contribution in [2.45, 2.75) is 25.8 Å². The first-order valence-corrected chi connectivity index (χ1v) is 9.50. The first-order valence-electron chi connectivity index (χ1n) is 9.50. The first kappa shape index (κ1) is 17.9. The van der Waals surface area contributed by atoms with Crippen molar-refractivity contribution in [1.29, 1.82) is 0 Å². The lowest BCUT2D eigenvalue weighted by Gasteiger charge is -2.34. The van der Waals surface area contributed by atoms with Crippen molar-refractivity contribution in [3.8, 4) is 0 Å². The van der Waals surface area contributed by atoms with Crippen molar-refractivity contribution in [2.24, 2.45) is 5.92 Å². The van der Waals surface area contributed by atoms with Crippen molar-refractivity contribution in [2.75, 3.05) is 59.5 Å². The van der Waals surface area contributed by atoms with E-state index < -0.39 is 0 Å². The van der Waals surface area contributed by atoms with Crippen LogP contribution in [0.1, 0.15) is 30.0 Å². The molecule has 1 aromatic carbocycles. The second-order valence-electron chi connectivity index (χ2n) is 7.50. The Morgan fingerprint density at radius 3 is 2.75 bits per heavy atom. The summed E-state index contributed by atoms with van der Waals surface area (Å²) in [6.07, 6.45) is 2.69. The zero-order valence-corrected chi connectivity index (χ0v) is 15.3. The third-order valence-electron chi connectivity index (χ3n) is 5.48. The number of piperidine rings is 1. The van der Waals surface area contributed by atoms with Gasteiger partial charge < -0.3 is 15.0 Å². The van der Waals surface area contributed by atoms with Crippen molar-refractivity contribution in [3.63, 3.8) is 0 Å². The Bertz CT molecular complexity index is 501. The third kappa shape index (κ3) is 5.03. The minimum absolute atomic E-state index is 0.413. The van der Waals surface area contributed by atoms with E-state index in [4.69, 9.17) is 4.74 Å². The molecule has 0 amide bonds. The van der Waals surface area contributed by atoms with Gasteiger partial charge in [0.25, 0.3) is 0 Å². The molecule has 3 rings (SSSR count). The van der Waals surface area contributed by atoms with Crippen LogP contribution in [0, 0.1) is 12.8 Å². The summed E-state index contributed by atoms with van der Waals surface area (Å²) in [6, 6.07) is 9.25. The van der Waals surface area contributed by atoms with E-state index >= 15 is 0 Å². The number of likely N-dealkylation sites (tertiary alicyclic amines) is 1. The highest BCUT2D eigenvalue weighted by molar-refractivity contribution is 5.29. The molecule has 2 heterocycles. The standard InChI is InChI=1S/C20H33N3O/c1-17-6-3-4-8-19(17)20(16-23-10-12-24-13-11-23)21-14-18-7-5-9-22(2)15-18/h3-4,6,8,18,20-21H,5,7,9-16H2,1-2H3. The molecule has 0 saturated carbocycles. The van der Waals surface area contributed by atoms with Gasteiger partial charge in [0, 0.05) is 32.2 Å². The van der Waals surface area contributed by atoms with Gasteiger partial charge in [0.15, 0.2) is 0 Å². The van der Waals surface area contributed by atoms with Crippen LogP contribution in [0.2, 0.25) is 0 Å². The van der Waals surface area contributed by atoms with E-state index in [1.165, 1.54) is 37.1 Å². The van der Waals surface area contributed by atoms with Crippen molar-refractivity contribution >= 4 is 0 Å². The Hall–Kier alpha value is -0.940. The molecule has 1 N–H and O–H groups in total. The van der Waals surface area contributed by atoms with Crippen molar-refractivity contribution in [3.05, 3.63) is 35.4 Å². The van der Waals surface area contributed by atoms with E-state index in [9.17, 15) is 0 Å². The summed E-state index contributed by atoms with van der Waals surface area (Å²) in [5.41, 5.74) is 2.84. The zero-order valence-electron chi connectivity index (χ0n) is 15.3. The molecule has 2 aliphatic rings. The number of ether oxygens (including phenoxy) is 1. The van der Waals surface area contributed by atoms with E-state index in [-0.39, 0.29) is 0 Å². The maximum absolute atomic E-state index is 5.51. The largest absolute Gasteiger partial charge is 0.379 e. The molecule has 134 valence electrons. The molecule has 4 heteroatoms. The van der Waals surface area contributed by atoms with Crippen LogP contribution >= 0.6 is 0 Å². The van der Waals surface area contributed by atoms with E-state index in [0.29, 0.717) is 6.04 Å². The predicted molar refractivity (Wildman–Crippen MR) is 99.4 cm³/mol. The molecule has 24 heavy (non-hydrogen) atoms. The molecule has 4 nitrogen and oxygen atoms in total. The highest BCUT2D eigenvalue weighted by Gasteiger charge is 2.22. The highest BCUT2D eigenvalue weighted by Crippen LogP contribution is 2.21. The van der Waals surface area contributed by atoms with Crippen LogP contribution in [0.5, 0.6) is 0 Å². The number of rotatable bonds is 6. The Balaban J connectivity index is 1.63. The molecule has 2 atom stereocenters. The molecular weight excluding hydrogens is 298 g/mol. The molecule has 2 aliphatic heterocycles. The second kappa shape index (κ2) is 8.95. The number of morpholine rings is 1. The number of nitrogens with one attached hydrogen (secondary N) is 1. The van der Waals surface area contributed by atoms with Gasteiger partial charge in [-0.2, -0.15) is 0 Å². The van der Waals surface area contributed by atoms with Gasteiger partial charge in [0.2, 0.25) is 0 Å². The monoisotopic (exact) mass is 331 g/mol. The Kier molecular flexibility index (Phi) is 6.67. The van der Waals surface area contributed by atoms with Gasteiger partial charge in [-0.05, 0) is 56.9 Å². The molecule has 2 unspecified atom stereocenters.